The second-order valence-electron chi connectivity index (χ2n) is 11.3. The lowest BCUT2D eigenvalue weighted by Gasteiger charge is -2.26. The Labute approximate surface area is 271 Å². The highest BCUT2D eigenvalue weighted by Gasteiger charge is 2.36. The fourth-order valence-electron chi connectivity index (χ4n) is 6.47. The van der Waals surface area contributed by atoms with E-state index in [0.29, 0.717) is 11.1 Å². The number of rotatable bonds is 7. The fourth-order valence-corrected chi connectivity index (χ4v) is 6.47. The molecule has 0 aromatic heterocycles. The molecule has 0 amide bonds. The van der Waals surface area contributed by atoms with Crippen LogP contribution >= 0.6 is 0 Å². The Kier molecular flexibility index (Phi) is 8.03. The van der Waals surface area contributed by atoms with Crippen molar-refractivity contribution in [2.45, 2.75) is 37.9 Å². The maximum absolute atomic E-state index is 13.0. The van der Waals surface area contributed by atoms with Gasteiger partial charge in [0.15, 0.2) is 0 Å². The molecule has 0 spiro atoms. The van der Waals surface area contributed by atoms with E-state index in [0.717, 1.165) is 0 Å². The average Bonchev–Trinajstić information content (AvgIpc) is 3.03. The minimum absolute atomic E-state index is 0.0132. The summed E-state index contributed by atoms with van der Waals surface area (Å²) in [4.78, 5) is 49.6. The monoisotopic (exact) mass is 662 g/mol. The number of hydrogen-bond acceptors (Lipinski definition) is 14. The van der Waals surface area contributed by atoms with Crippen molar-refractivity contribution in [2.24, 2.45) is 0 Å². The predicted molar refractivity (Wildman–Crippen MR) is 166 cm³/mol. The van der Waals surface area contributed by atoms with Crippen LogP contribution in [-0.2, 0) is 41.4 Å². The summed E-state index contributed by atoms with van der Waals surface area (Å²) in [5.74, 6) is -5.39. The molecule has 2 aliphatic heterocycles. The lowest BCUT2D eigenvalue weighted by Crippen LogP contribution is -2.30. The van der Waals surface area contributed by atoms with E-state index in [9.17, 15) is 39.6 Å². The minimum atomic E-state index is -0.914. The molecule has 250 valence electrons. The molecule has 2 atom stereocenters. The SMILES string of the molecule is COC(=O)C[C@H]1Cc2cc3cc(OC)c(-c4c(OC)cc5cc6c(c(O)c5c4O)C(=O)O[C@@H](CC(=O)OC)C6)c(O)c3c(O)c2C(=O)O1. The van der Waals surface area contributed by atoms with Gasteiger partial charge in [-0.25, -0.2) is 9.59 Å². The van der Waals surface area contributed by atoms with E-state index in [4.69, 9.17) is 18.9 Å². The summed E-state index contributed by atoms with van der Waals surface area (Å²) in [5, 5.41) is 46.3. The number of carbonyl (C=O) groups excluding carboxylic acids is 4. The number of fused-ring (bicyclic) bond motifs is 4. The van der Waals surface area contributed by atoms with Crippen molar-refractivity contribution in [1.82, 2.24) is 0 Å². The van der Waals surface area contributed by atoms with Gasteiger partial charge in [0.25, 0.3) is 0 Å². The first-order chi connectivity index (χ1) is 22.9. The van der Waals surface area contributed by atoms with Gasteiger partial charge in [-0.15, -0.1) is 0 Å². The van der Waals surface area contributed by atoms with Crippen molar-refractivity contribution in [3.8, 4) is 45.6 Å². The molecule has 4 N–H and O–H groups in total. The third-order valence-electron chi connectivity index (χ3n) is 8.62. The number of carbonyl (C=O) groups is 4. The van der Waals surface area contributed by atoms with Crippen molar-refractivity contribution in [2.75, 3.05) is 28.4 Å². The third-order valence-corrected chi connectivity index (χ3v) is 8.62. The number of ether oxygens (including phenoxy) is 6. The summed E-state index contributed by atoms with van der Waals surface area (Å²) in [6.45, 7) is 0. The first-order valence-corrected chi connectivity index (χ1v) is 14.6. The summed E-state index contributed by atoms with van der Waals surface area (Å²) in [5.41, 5.74) is -0.0259. The first kappa shape index (κ1) is 32.0. The summed E-state index contributed by atoms with van der Waals surface area (Å²) in [6, 6.07) is 6.04. The number of benzene rings is 4. The van der Waals surface area contributed by atoms with E-state index in [2.05, 4.69) is 9.47 Å². The standard InChI is InChI=1S/C34H30O14/c1-43-19-9-15-5-13-7-17(11-21(35)45-3)47-33(41)25(13)29(37)23(15)31(39)27(19)28-20(44-2)10-16-6-14-8-18(12-22(36)46-4)48-34(42)26(14)30(38)24(16)32(28)40/h5-6,9-10,17-18,37-40H,7-8,11-12H2,1-4H3/t17-,18-/m1/s1. The molecule has 0 unspecified atom stereocenters. The van der Waals surface area contributed by atoms with Gasteiger partial charge in [-0.05, 0) is 46.2 Å². The van der Waals surface area contributed by atoms with Gasteiger partial charge >= 0.3 is 23.9 Å². The van der Waals surface area contributed by atoms with Crippen molar-refractivity contribution >= 4 is 45.4 Å². The Hall–Kier alpha value is -5.92. The van der Waals surface area contributed by atoms with Crippen LogP contribution in [0.4, 0.5) is 0 Å². The molecule has 6 rings (SSSR count). The Balaban J connectivity index is 1.55. The summed E-state index contributed by atoms with van der Waals surface area (Å²) in [7, 11) is 5.04. The zero-order valence-corrected chi connectivity index (χ0v) is 26.2. The summed E-state index contributed by atoms with van der Waals surface area (Å²) in [6.07, 6.45) is -1.90. The molecule has 4 aromatic carbocycles. The molecule has 14 nitrogen and oxygen atoms in total. The van der Waals surface area contributed by atoms with Crippen LogP contribution in [0.2, 0.25) is 0 Å². The Bertz CT molecular complexity index is 1920. The molecule has 14 heteroatoms. The summed E-state index contributed by atoms with van der Waals surface area (Å²) >= 11 is 0. The van der Waals surface area contributed by atoms with Gasteiger partial charge < -0.3 is 48.8 Å². The third kappa shape index (κ3) is 5.05. The van der Waals surface area contributed by atoms with Crippen LogP contribution in [0.1, 0.15) is 44.7 Å². The Morgan fingerprint density at radius 2 is 0.979 bits per heavy atom. The highest BCUT2D eigenvalue weighted by Crippen LogP contribution is 2.56. The van der Waals surface area contributed by atoms with Crippen LogP contribution in [0.5, 0.6) is 34.5 Å². The number of methoxy groups -OCH3 is 4. The van der Waals surface area contributed by atoms with E-state index in [1.54, 1.807) is 12.1 Å². The molecule has 0 aliphatic carbocycles. The number of aromatic hydroxyl groups is 4. The van der Waals surface area contributed by atoms with Crippen LogP contribution in [0.15, 0.2) is 24.3 Å². The van der Waals surface area contributed by atoms with E-state index < -0.39 is 59.1 Å². The molecule has 0 radical (unpaired) electrons. The minimum Gasteiger partial charge on any atom is -0.506 e. The predicted octanol–water partition coefficient (Wildman–Crippen LogP) is 3.79. The molecule has 2 aliphatic rings. The molecule has 0 saturated heterocycles. The zero-order chi connectivity index (χ0) is 34.6. The molecule has 0 fully saturated rings. The topological polar surface area (TPSA) is 205 Å². The number of cyclic esters (lactones) is 2. The van der Waals surface area contributed by atoms with Gasteiger partial charge in [-0.2, -0.15) is 0 Å². The van der Waals surface area contributed by atoms with Crippen LogP contribution < -0.4 is 9.47 Å². The smallest absolute Gasteiger partial charge is 0.342 e. The lowest BCUT2D eigenvalue weighted by molar-refractivity contribution is -0.144. The highest BCUT2D eigenvalue weighted by atomic mass is 16.6. The van der Waals surface area contributed by atoms with E-state index in [1.807, 2.05) is 0 Å². The van der Waals surface area contributed by atoms with E-state index >= 15 is 0 Å². The van der Waals surface area contributed by atoms with Crippen LogP contribution in [0.3, 0.4) is 0 Å². The molecule has 48 heavy (non-hydrogen) atoms. The van der Waals surface area contributed by atoms with Crippen molar-refractivity contribution in [1.29, 1.82) is 0 Å². The molecule has 0 saturated carbocycles. The second-order valence-corrected chi connectivity index (χ2v) is 11.3. The quantitative estimate of drug-likeness (QED) is 0.164. The zero-order valence-electron chi connectivity index (χ0n) is 26.2. The molecule has 4 aromatic rings. The lowest BCUT2D eigenvalue weighted by atomic mass is 9.87. The van der Waals surface area contributed by atoms with Crippen molar-refractivity contribution in [3.63, 3.8) is 0 Å². The Morgan fingerprint density at radius 3 is 1.31 bits per heavy atom. The van der Waals surface area contributed by atoms with E-state index in [-0.39, 0.29) is 81.0 Å². The first-order valence-electron chi connectivity index (χ1n) is 14.6. The van der Waals surface area contributed by atoms with Gasteiger partial charge in [-0.3, -0.25) is 9.59 Å². The van der Waals surface area contributed by atoms with Gasteiger partial charge in [0.05, 0.1) is 63.2 Å². The molecular formula is C34H30O14. The van der Waals surface area contributed by atoms with Crippen LogP contribution in [-0.4, -0.2) is 85.0 Å². The fraction of sp³-hybridized carbons (Fsp3) is 0.294. The number of esters is 4. The summed E-state index contributed by atoms with van der Waals surface area (Å²) < 4.78 is 31.3. The molecule has 0 bridgehead atoms. The van der Waals surface area contributed by atoms with Crippen molar-refractivity contribution in [3.05, 3.63) is 46.5 Å². The highest BCUT2D eigenvalue weighted by molar-refractivity contribution is 6.13. The Morgan fingerprint density at radius 1 is 0.625 bits per heavy atom. The van der Waals surface area contributed by atoms with E-state index in [1.165, 1.54) is 40.6 Å². The van der Waals surface area contributed by atoms with Gasteiger partial charge in [0.1, 0.15) is 57.8 Å². The van der Waals surface area contributed by atoms with Gasteiger partial charge in [0, 0.05) is 12.8 Å². The average molecular weight is 663 g/mol. The molecular weight excluding hydrogens is 632 g/mol. The van der Waals surface area contributed by atoms with Gasteiger partial charge in [-0.1, -0.05) is 0 Å². The normalized spacial score (nSPS) is 16.8. The largest absolute Gasteiger partial charge is 0.506 e. The number of phenols is 4. The van der Waals surface area contributed by atoms with Crippen LogP contribution in [0.25, 0.3) is 32.7 Å². The second kappa shape index (κ2) is 12.0. The van der Waals surface area contributed by atoms with Crippen molar-refractivity contribution < 1.29 is 68.0 Å². The maximum atomic E-state index is 13.0. The van der Waals surface area contributed by atoms with Crippen LogP contribution in [0, 0.1) is 0 Å². The maximum Gasteiger partial charge on any atom is 0.342 e. The number of phenolic OH excluding ortho intramolecular Hbond substituents is 4. The molecule has 2 heterocycles. The number of hydrogen-bond donors (Lipinski definition) is 4. The van der Waals surface area contributed by atoms with Gasteiger partial charge in [0.2, 0.25) is 0 Å².